The average molecular weight is 198 g/mol. The minimum atomic E-state index is -0.279. The lowest BCUT2D eigenvalue weighted by molar-refractivity contribution is 0.378. The highest BCUT2D eigenvalue weighted by Gasteiger charge is 2.10. The van der Waals surface area contributed by atoms with E-state index in [1.165, 1.54) is 19.2 Å². The van der Waals surface area contributed by atoms with E-state index >= 15 is 0 Å². The fraction of sp³-hybridized carbons (Fsp3) is 0.111. The maximum absolute atomic E-state index is 12.9. The molecule has 1 N–H and O–H groups in total. The van der Waals surface area contributed by atoms with Crippen LogP contribution in [0.15, 0.2) is 18.2 Å². The molecule has 1 aromatic heterocycles. The van der Waals surface area contributed by atoms with Gasteiger partial charge >= 0.3 is 0 Å². The summed E-state index contributed by atoms with van der Waals surface area (Å²) in [4.78, 5) is 0. The molecule has 68 valence electrons. The van der Waals surface area contributed by atoms with Crippen molar-refractivity contribution in [2.75, 3.05) is 7.11 Å². The molecule has 2 rings (SSSR count). The molecule has 0 saturated carbocycles. The summed E-state index contributed by atoms with van der Waals surface area (Å²) in [6.07, 6.45) is 0. The molecule has 0 aliphatic rings. The number of phenols is 1. The highest BCUT2D eigenvalue weighted by atomic mass is 32.1. The van der Waals surface area contributed by atoms with E-state index in [9.17, 15) is 9.50 Å². The Morgan fingerprint density at radius 1 is 1.46 bits per heavy atom. The third-order valence-electron chi connectivity index (χ3n) is 1.79. The molecule has 0 radical (unpaired) electrons. The fourth-order valence-electron chi connectivity index (χ4n) is 1.23. The summed E-state index contributed by atoms with van der Waals surface area (Å²) in [6, 6.07) is 4.57. The number of methoxy groups -OCH3 is 1. The first kappa shape index (κ1) is 8.31. The van der Waals surface area contributed by atoms with Crippen LogP contribution in [0.4, 0.5) is 4.39 Å². The number of hydrogen-bond acceptors (Lipinski definition) is 3. The van der Waals surface area contributed by atoms with Crippen molar-refractivity contribution in [3.8, 4) is 11.5 Å². The van der Waals surface area contributed by atoms with Crippen molar-refractivity contribution >= 4 is 21.4 Å². The van der Waals surface area contributed by atoms with E-state index in [0.29, 0.717) is 10.4 Å². The van der Waals surface area contributed by atoms with Gasteiger partial charge in [-0.05, 0) is 23.6 Å². The molecular formula is C9H7FO2S. The molecule has 0 bridgehead atoms. The minimum Gasteiger partial charge on any atom is -0.504 e. The van der Waals surface area contributed by atoms with E-state index in [2.05, 4.69) is 0 Å². The van der Waals surface area contributed by atoms with E-state index in [0.717, 1.165) is 16.7 Å². The molecule has 1 aromatic carbocycles. The second kappa shape index (κ2) is 2.88. The predicted molar refractivity (Wildman–Crippen MR) is 50.0 cm³/mol. The van der Waals surface area contributed by atoms with Gasteiger partial charge in [0.15, 0.2) is 16.6 Å². The van der Waals surface area contributed by atoms with Gasteiger partial charge in [-0.15, -0.1) is 11.3 Å². The average Bonchev–Trinajstić information content (AvgIpc) is 2.45. The first-order valence-corrected chi connectivity index (χ1v) is 4.49. The van der Waals surface area contributed by atoms with Crippen LogP contribution in [0.1, 0.15) is 0 Å². The van der Waals surface area contributed by atoms with Gasteiger partial charge in [0.25, 0.3) is 0 Å². The van der Waals surface area contributed by atoms with Crippen LogP contribution in [0.25, 0.3) is 10.1 Å². The molecule has 1 heterocycles. The number of halogens is 1. The zero-order valence-electron chi connectivity index (χ0n) is 6.87. The Morgan fingerprint density at radius 3 is 2.92 bits per heavy atom. The Morgan fingerprint density at radius 2 is 2.23 bits per heavy atom. The number of aromatic hydroxyl groups is 1. The summed E-state index contributed by atoms with van der Waals surface area (Å²) >= 11 is 0.966. The van der Waals surface area contributed by atoms with Crippen LogP contribution in [-0.2, 0) is 0 Å². The van der Waals surface area contributed by atoms with Gasteiger partial charge in [0.05, 0.1) is 11.8 Å². The van der Waals surface area contributed by atoms with Gasteiger partial charge in [0.2, 0.25) is 0 Å². The number of fused-ring (bicyclic) bond motifs is 1. The van der Waals surface area contributed by atoms with Crippen molar-refractivity contribution in [3.63, 3.8) is 0 Å². The summed E-state index contributed by atoms with van der Waals surface area (Å²) in [5, 5.41) is 9.85. The first-order valence-electron chi connectivity index (χ1n) is 3.67. The molecule has 0 fully saturated rings. The van der Waals surface area contributed by atoms with Crippen LogP contribution in [0, 0.1) is 5.13 Å². The Balaban J connectivity index is 2.82. The Kier molecular flexibility index (Phi) is 1.84. The Hall–Kier alpha value is -1.29. The van der Waals surface area contributed by atoms with Crippen LogP contribution in [-0.4, -0.2) is 12.2 Å². The number of thiophene rings is 1. The van der Waals surface area contributed by atoms with Crippen molar-refractivity contribution in [2.45, 2.75) is 0 Å². The lowest BCUT2D eigenvalue weighted by atomic mass is 10.2. The molecule has 2 nitrogen and oxygen atoms in total. The van der Waals surface area contributed by atoms with E-state index in [-0.39, 0.29) is 10.9 Å². The van der Waals surface area contributed by atoms with Gasteiger partial charge in [-0.3, -0.25) is 0 Å². The van der Waals surface area contributed by atoms with E-state index < -0.39 is 0 Å². The highest BCUT2D eigenvalue weighted by molar-refractivity contribution is 7.18. The van der Waals surface area contributed by atoms with Gasteiger partial charge in [0, 0.05) is 0 Å². The van der Waals surface area contributed by atoms with Gasteiger partial charge in [-0.2, -0.15) is 4.39 Å². The summed E-state index contributed by atoms with van der Waals surface area (Å²) in [7, 11) is 1.45. The van der Waals surface area contributed by atoms with Crippen LogP contribution in [0.5, 0.6) is 11.5 Å². The first-order chi connectivity index (χ1) is 6.22. The van der Waals surface area contributed by atoms with E-state index in [4.69, 9.17) is 4.74 Å². The van der Waals surface area contributed by atoms with Crippen molar-refractivity contribution in [1.82, 2.24) is 0 Å². The molecule has 13 heavy (non-hydrogen) atoms. The number of phenolic OH excluding ortho intramolecular Hbond substituents is 1. The second-order valence-electron chi connectivity index (χ2n) is 2.59. The SMILES string of the molecule is COc1c(O)ccc2cc(F)sc12. The highest BCUT2D eigenvalue weighted by Crippen LogP contribution is 2.38. The maximum Gasteiger partial charge on any atom is 0.178 e. The number of benzene rings is 1. The Bertz CT molecular complexity index is 450. The number of hydrogen-bond donors (Lipinski definition) is 1. The summed E-state index contributed by atoms with van der Waals surface area (Å²) in [5.74, 6) is 0.378. The quantitative estimate of drug-likeness (QED) is 0.763. The largest absolute Gasteiger partial charge is 0.504 e. The molecule has 2 aromatic rings. The molecule has 4 heteroatoms. The Labute approximate surface area is 78.2 Å². The van der Waals surface area contributed by atoms with Crippen LogP contribution >= 0.6 is 11.3 Å². The van der Waals surface area contributed by atoms with Crippen molar-refractivity contribution in [2.24, 2.45) is 0 Å². The van der Waals surface area contributed by atoms with E-state index in [1.807, 2.05) is 0 Å². The zero-order valence-corrected chi connectivity index (χ0v) is 7.69. The van der Waals surface area contributed by atoms with Gasteiger partial charge < -0.3 is 9.84 Å². The number of ether oxygens (including phenoxy) is 1. The van der Waals surface area contributed by atoms with Crippen LogP contribution in [0.2, 0.25) is 0 Å². The summed E-state index contributed by atoms with van der Waals surface area (Å²) < 4.78 is 18.5. The molecule has 0 spiro atoms. The summed E-state index contributed by atoms with van der Waals surface area (Å²) in [6.45, 7) is 0. The maximum atomic E-state index is 12.9. The molecule has 0 unspecified atom stereocenters. The molecular weight excluding hydrogens is 191 g/mol. The standard InChI is InChI=1S/C9H7FO2S/c1-12-8-6(11)3-2-5-4-7(10)13-9(5)8/h2-4,11H,1H3. The molecule has 0 amide bonds. The normalized spacial score (nSPS) is 10.6. The smallest absolute Gasteiger partial charge is 0.178 e. The third kappa shape index (κ3) is 1.23. The summed E-state index contributed by atoms with van der Waals surface area (Å²) in [5.41, 5.74) is 0. The van der Waals surface area contributed by atoms with Gasteiger partial charge in [-0.25, -0.2) is 0 Å². The van der Waals surface area contributed by atoms with Crippen LogP contribution in [0.3, 0.4) is 0 Å². The minimum absolute atomic E-state index is 0.0388. The monoisotopic (exact) mass is 198 g/mol. The van der Waals surface area contributed by atoms with E-state index in [1.54, 1.807) is 6.07 Å². The van der Waals surface area contributed by atoms with Gasteiger partial charge in [0.1, 0.15) is 0 Å². The van der Waals surface area contributed by atoms with Crippen molar-refractivity contribution in [1.29, 1.82) is 0 Å². The topological polar surface area (TPSA) is 29.5 Å². The van der Waals surface area contributed by atoms with Crippen LogP contribution < -0.4 is 4.74 Å². The predicted octanol–water partition coefficient (Wildman–Crippen LogP) is 2.75. The van der Waals surface area contributed by atoms with Crippen molar-refractivity contribution < 1.29 is 14.2 Å². The zero-order chi connectivity index (χ0) is 9.42. The number of rotatable bonds is 1. The van der Waals surface area contributed by atoms with Crippen molar-refractivity contribution in [3.05, 3.63) is 23.3 Å². The fourth-order valence-corrected chi connectivity index (χ4v) is 2.14. The molecule has 0 atom stereocenters. The molecule has 0 aliphatic carbocycles. The third-order valence-corrected chi connectivity index (χ3v) is 2.73. The van der Waals surface area contributed by atoms with Gasteiger partial charge in [-0.1, -0.05) is 0 Å². The lowest BCUT2D eigenvalue weighted by Crippen LogP contribution is -1.82. The lowest BCUT2D eigenvalue weighted by Gasteiger charge is -2.02. The second-order valence-corrected chi connectivity index (χ2v) is 3.59. The molecule has 0 saturated heterocycles. The molecule has 0 aliphatic heterocycles.